The van der Waals surface area contributed by atoms with Crippen molar-refractivity contribution in [3.8, 4) is 0 Å². The Hall–Kier alpha value is -1.36. The van der Waals surface area contributed by atoms with Crippen molar-refractivity contribution in [2.24, 2.45) is 0 Å². The van der Waals surface area contributed by atoms with E-state index in [1.807, 2.05) is 0 Å². The number of rotatable bonds is 3. The molecule has 78 valence electrons. The molecule has 1 amide bonds. The Labute approximate surface area is 83.0 Å². The van der Waals surface area contributed by atoms with Gasteiger partial charge in [0, 0.05) is 26.9 Å². The Morgan fingerprint density at radius 2 is 2.36 bits per heavy atom. The highest BCUT2D eigenvalue weighted by atomic mass is 16.2. The van der Waals surface area contributed by atoms with Crippen LogP contribution in [-0.2, 0) is 6.42 Å². The van der Waals surface area contributed by atoms with E-state index in [2.05, 4.69) is 4.98 Å². The van der Waals surface area contributed by atoms with Gasteiger partial charge >= 0.3 is 6.03 Å². The van der Waals surface area contributed by atoms with Gasteiger partial charge in [-0.2, -0.15) is 0 Å². The van der Waals surface area contributed by atoms with E-state index in [4.69, 9.17) is 5.11 Å². The van der Waals surface area contributed by atoms with Gasteiger partial charge in [0.05, 0.1) is 5.69 Å². The number of carbonyl (C=O) groups is 1. The van der Waals surface area contributed by atoms with Crippen LogP contribution in [0, 0.1) is 0 Å². The molecule has 0 aliphatic heterocycles. The summed E-state index contributed by atoms with van der Waals surface area (Å²) in [6.45, 7) is 0.147. The van der Waals surface area contributed by atoms with Crippen LogP contribution in [-0.4, -0.2) is 46.3 Å². The van der Waals surface area contributed by atoms with Crippen LogP contribution in [0.3, 0.4) is 0 Å². The minimum atomic E-state index is -0.118. The van der Waals surface area contributed by atoms with Gasteiger partial charge in [-0.3, -0.25) is 4.57 Å². The molecule has 0 saturated carbocycles. The lowest BCUT2D eigenvalue weighted by Crippen LogP contribution is -2.26. The lowest BCUT2D eigenvalue weighted by Gasteiger charge is -2.09. The lowest BCUT2D eigenvalue weighted by molar-refractivity contribution is 0.219. The molecule has 0 unspecified atom stereocenters. The molecule has 5 heteroatoms. The number of aryl methyl sites for hydroxylation is 1. The molecule has 14 heavy (non-hydrogen) atoms. The molecular weight excluding hydrogens is 182 g/mol. The molecule has 0 aromatic carbocycles. The van der Waals surface area contributed by atoms with Crippen LogP contribution in [0.25, 0.3) is 0 Å². The normalized spacial score (nSPS) is 10.2. The van der Waals surface area contributed by atoms with E-state index >= 15 is 0 Å². The summed E-state index contributed by atoms with van der Waals surface area (Å²) in [5.74, 6) is 0. The van der Waals surface area contributed by atoms with Crippen LogP contribution in [0.4, 0.5) is 4.79 Å². The van der Waals surface area contributed by atoms with E-state index in [1.165, 1.54) is 15.8 Å². The molecule has 1 aromatic heterocycles. The van der Waals surface area contributed by atoms with Gasteiger partial charge in [-0.1, -0.05) is 0 Å². The molecule has 0 atom stereocenters. The maximum Gasteiger partial charge on any atom is 0.328 e. The smallest absolute Gasteiger partial charge is 0.328 e. The fourth-order valence-electron chi connectivity index (χ4n) is 1.09. The number of hydrogen-bond donors (Lipinski definition) is 1. The predicted molar refractivity (Wildman–Crippen MR) is 52.1 cm³/mol. The number of aliphatic hydroxyl groups is 1. The summed E-state index contributed by atoms with van der Waals surface area (Å²) in [4.78, 5) is 17.0. The zero-order valence-electron chi connectivity index (χ0n) is 8.47. The van der Waals surface area contributed by atoms with Crippen LogP contribution in [0.5, 0.6) is 0 Å². The molecule has 0 radical (unpaired) electrons. The molecule has 1 N–H and O–H groups in total. The van der Waals surface area contributed by atoms with Gasteiger partial charge in [0.1, 0.15) is 6.33 Å². The topological polar surface area (TPSA) is 58.4 Å². The third kappa shape index (κ3) is 2.56. The van der Waals surface area contributed by atoms with Gasteiger partial charge in [-0.15, -0.1) is 0 Å². The standard InChI is InChI=1S/C9H15N3O2/c1-11(2)9(14)12-6-8(10-7-12)4-3-5-13/h6-7,13H,3-5H2,1-2H3. The van der Waals surface area contributed by atoms with E-state index in [9.17, 15) is 4.79 Å². The summed E-state index contributed by atoms with van der Waals surface area (Å²) in [7, 11) is 3.38. The zero-order valence-corrected chi connectivity index (χ0v) is 8.47. The first-order chi connectivity index (χ1) is 6.65. The molecule has 0 saturated heterocycles. The van der Waals surface area contributed by atoms with E-state index in [1.54, 1.807) is 20.3 Å². The molecule has 0 bridgehead atoms. The first-order valence-corrected chi connectivity index (χ1v) is 4.50. The maximum absolute atomic E-state index is 11.4. The average molecular weight is 197 g/mol. The SMILES string of the molecule is CN(C)C(=O)n1cnc(CCCO)c1. The van der Waals surface area contributed by atoms with Crippen molar-refractivity contribution in [1.82, 2.24) is 14.5 Å². The van der Waals surface area contributed by atoms with Gasteiger partial charge in [-0.25, -0.2) is 9.78 Å². The molecule has 5 nitrogen and oxygen atoms in total. The first-order valence-electron chi connectivity index (χ1n) is 4.50. The summed E-state index contributed by atoms with van der Waals surface area (Å²) < 4.78 is 1.44. The van der Waals surface area contributed by atoms with Crippen LogP contribution >= 0.6 is 0 Å². The van der Waals surface area contributed by atoms with Crippen LogP contribution in [0.15, 0.2) is 12.5 Å². The lowest BCUT2D eigenvalue weighted by atomic mass is 10.3. The quantitative estimate of drug-likeness (QED) is 0.760. The fraction of sp³-hybridized carbons (Fsp3) is 0.556. The largest absolute Gasteiger partial charge is 0.396 e. The third-order valence-corrected chi connectivity index (χ3v) is 1.83. The number of imidazole rings is 1. The Bertz CT molecular complexity index is 307. The molecule has 0 aliphatic carbocycles. The molecule has 1 heterocycles. The fourth-order valence-corrected chi connectivity index (χ4v) is 1.09. The first kappa shape index (κ1) is 10.7. The van der Waals surface area contributed by atoms with Crippen molar-refractivity contribution in [3.63, 3.8) is 0 Å². The Morgan fingerprint density at radius 1 is 1.64 bits per heavy atom. The molecule has 1 rings (SSSR count). The van der Waals surface area contributed by atoms with Crippen molar-refractivity contribution < 1.29 is 9.90 Å². The van der Waals surface area contributed by atoms with E-state index in [-0.39, 0.29) is 12.6 Å². The second-order valence-electron chi connectivity index (χ2n) is 3.28. The molecular formula is C9H15N3O2. The van der Waals surface area contributed by atoms with Gasteiger partial charge in [0.25, 0.3) is 0 Å². The second kappa shape index (κ2) is 4.76. The molecule has 0 spiro atoms. The van der Waals surface area contributed by atoms with Crippen LogP contribution in [0.1, 0.15) is 12.1 Å². The predicted octanol–water partition coefficient (Wildman–Crippen LogP) is 0.338. The van der Waals surface area contributed by atoms with Gasteiger partial charge in [0.15, 0.2) is 0 Å². The third-order valence-electron chi connectivity index (χ3n) is 1.83. The summed E-state index contributed by atoms with van der Waals surface area (Å²) >= 11 is 0. The Balaban J connectivity index is 2.63. The van der Waals surface area contributed by atoms with E-state index < -0.39 is 0 Å². The monoisotopic (exact) mass is 197 g/mol. The van der Waals surface area contributed by atoms with Crippen molar-refractivity contribution in [3.05, 3.63) is 18.2 Å². The summed E-state index contributed by atoms with van der Waals surface area (Å²) in [6, 6.07) is -0.118. The number of amides is 1. The van der Waals surface area contributed by atoms with Gasteiger partial charge < -0.3 is 10.0 Å². The van der Waals surface area contributed by atoms with E-state index in [0.717, 1.165) is 5.69 Å². The zero-order chi connectivity index (χ0) is 10.6. The molecule has 0 aliphatic rings. The van der Waals surface area contributed by atoms with Crippen molar-refractivity contribution in [2.45, 2.75) is 12.8 Å². The summed E-state index contributed by atoms with van der Waals surface area (Å²) in [5, 5.41) is 8.62. The van der Waals surface area contributed by atoms with Crippen molar-refractivity contribution in [2.75, 3.05) is 20.7 Å². The minimum absolute atomic E-state index is 0.118. The van der Waals surface area contributed by atoms with Crippen LogP contribution in [0.2, 0.25) is 0 Å². The summed E-state index contributed by atoms with van der Waals surface area (Å²) in [6.07, 6.45) is 4.56. The number of nitrogens with zero attached hydrogens (tertiary/aromatic N) is 3. The van der Waals surface area contributed by atoms with Crippen molar-refractivity contribution >= 4 is 6.03 Å². The van der Waals surface area contributed by atoms with Gasteiger partial charge in [0.2, 0.25) is 0 Å². The number of aromatic nitrogens is 2. The van der Waals surface area contributed by atoms with Crippen molar-refractivity contribution in [1.29, 1.82) is 0 Å². The number of aliphatic hydroxyl groups excluding tert-OH is 1. The summed E-state index contributed by atoms with van der Waals surface area (Å²) in [5.41, 5.74) is 0.828. The maximum atomic E-state index is 11.4. The average Bonchev–Trinajstić information content (AvgIpc) is 2.61. The Kier molecular flexibility index (Phi) is 3.64. The highest BCUT2D eigenvalue weighted by molar-refractivity contribution is 5.76. The van der Waals surface area contributed by atoms with E-state index in [0.29, 0.717) is 12.8 Å². The second-order valence-corrected chi connectivity index (χ2v) is 3.28. The highest BCUT2D eigenvalue weighted by Gasteiger charge is 2.07. The molecule has 0 fully saturated rings. The van der Waals surface area contributed by atoms with Gasteiger partial charge in [-0.05, 0) is 12.8 Å². The number of carbonyl (C=O) groups excluding carboxylic acids is 1. The number of hydrogen-bond acceptors (Lipinski definition) is 3. The minimum Gasteiger partial charge on any atom is -0.396 e. The Morgan fingerprint density at radius 3 is 2.93 bits per heavy atom. The molecule has 1 aromatic rings. The van der Waals surface area contributed by atoms with Crippen LogP contribution < -0.4 is 0 Å². The highest BCUT2D eigenvalue weighted by Crippen LogP contribution is 2.00.